The lowest BCUT2D eigenvalue weighted by Gasteiger charge is -2.20. The number of nitrogens with two attached hydrogens (primary N) is 1. The molecule has 3 heteroatoms. The van der Waals surface area contributed by atoms with Crippen LogP contribution in [0.1, 0.15) is 11.1 Å². The van der Waals surface area contributed by atoms with Gasteiger partial charge >= 0.3 is 0 Å². The highest BCUT2D eigenvalue weighted by atomic mass is 15.2. The van der Waals surface area contributed by atoms with E-state index in [0.717, 1.165) is 22.6 Å². The number of pyridine rings is 1. The van der Waals surface area contributed by atoms with Crippen LogP contribution in [-0.2, 0) is 6.54 Å². The van der Waals surface area contributed by atoms with Crippen molar-refractivity contribution in [1.82, 2.24) is 4.98 Å². The van der Waals surface area contributed by atoms with Crippen LogP contribution in [0.15, 0.2) is 42.6 Å². The molecule has 1 aromatic carbocycles. The topological polar surface area (TPSA) is 42.2 Å². The summed E-state index contributed by atoms with van der Waals surface area (Å²) in [5.41, 5.74) is 9.05. The molecule has 3 nitrogen and oxygen atoms in total. The molecule has 0 unspecified atom stereocenters. The zero-order chi connectivity index (χ0) is 12.3. The molecule has 0 amide bonds. The van der Waals surface area contributed by atoms with Crippen LogP contribution in [0.3, 0.4) is 0 Å². The lowest BCUT2D eigenvalue weighted by atomic mass is 10.2. The monoisotopic (exact) mass is 227 g/mol. The van der Waals surface area contributed by atoms with E-state index in [0.29, 0.717) is 6.54 Å². The standard InChI is InChI=1S/C14H17N3/c1-11-5-4-8-16-14(11)17(2)13-7-3-6-12(9-13)10-15/h3-9H,10,15H2,1-2H3. The smallest absolute Gasteiger partial charge is 0.135 e. The summed E-state index contributed by atoms with van der Waals surface area (Å²) in [5.74, 6) is 0.974. The molecule has 0 spiro atoms. The van der Waals surface area contributed by atoms with E-state index in [2.05, 4.69) is 35.0 Å². The summed E-state index contributed by atoms with van der Waals surface area (Å²) < 4.78 is 0. The molecule has 0 bridgehead atoms. The molecule has 0 saturated heterocycles. The summed E-state index contributed by atoms with van der Waals surface area (Å²) in [6.45, 7) is 2.62. The summed E-state index contributed by atoms with van der Waals surface area (Å²) in [5, 5.41) is 0. The molecule has 1 heterocycles. The van der Waals surface area contributed by atoms with Crippen LogP contribution in [-0.4, -0.2) is 12.0 Å². The normalized spacial score (nSPS) is 10.3. The summed E-state index contributed by atoms with van der Waals surface area (Å²) in [6, 6.07) is 12.2. The summed E-state index contributed by atoms with van der Waals surface area (Å²) in [4.78, 5) is 6.48. The van der Waals surface area contributed by atoms with E-state index in [4.69, 9.17) is 5.73 Å². The first-order chi connectivity index (χ1) is 8.22. The van der Waals surface area contributed by atoms with Crippen molar-refractivity contribution in [3.8, 4) is 0 Å². The number of rotatable bonds is 3. The van der Waals surface area contributed by atoms with Gasteiger partial charge in [-0.2, -0.15) is 0 Å². The Labute approximate surface area is 102 Å². The third kappa shape index (κ3) is 2.45. The first kappa shape index (κ1) is 11.6. The average molecular weight is 227 g/mol. The molecular formula is C14H17N3. The Morgan fingerprint density at radius 2 is 2.06 bits per heavy atom. The molecule has 1 aromatic heterocycles. The van der Waals surface area contributed by atoms with E-state index in [9.17, 15) is 0 Å². The average Bonchev–Trinajstić information content (AvgIpc) is 2.38. The van der Waals surface area contributed by atoms with E-state index >= 15 is 0 Å². The van der Waals surface area contributed by atoms with Crippen LogP contribution >= 0.6 is 0 Å². The van der Waals surface area contributed by atoms with Gasteiger partial charge in [-0.1, -0.05) is 18.2 Å². The highest BCUT2D eigenvalue weighted by molar-refractivity contribution is 5.62. The number of hydrogen-bond acceptors (Lipinski definition) is 3. The second-order valence-corrected chi connectivity index (χ2v) is 4.08. The van der Waals surface area contributed by atoms with Gasteiger partial charge in [-0.15, -0.1) is 0 Å². The van der Waals surface area contributed by atoms with Crippen molar-refractivity contribution in [2.45, 2.75) is 13.5 Å². The minimum atomic E-state index is 0.558. The summed E-state index contributed by atoms with van der Waals surface area (Å²) in [7, 11) is 2.02. The Kier molecular flexibility index (Phi) is 3.40. The number of aryl methyl sites for hydroxylation is 1. The third-order valence-electron chi connectivity index (χ3n) is 2.83. The van der Waals surface area contributed by atoms with E-state index in [-0.39, 0.29) is 0 Å². The molecule has 0 aliphatic rings. The molecule has 0 aliphatic carbocycles. The van der Waals surface area contributed by atoms with E-state index in [1.807, 2.05) is 31.4 Å². The van der Waals surface area contributed by atoms with Gasteiger partial charge < -0.3 is 10.6 Å². The predicted molar refractivity (Wildman–Crippen MR) is 71.4 cm³/mol. The SMILES string of the molecule is Cc1cccnc1N(C)c1cccc(CN)c1. The van der Waals surface area contributed by atoms with Gasteiger partial charge in [0.05, 0.1) is 0 Å². The Morgan fingerprint density at radius 3 is 2.76 bits per heavy atom. The van der Waals surface area contributed by atoms with Gasteiger partial charge in [-0.3, -0.25) is 0 Å². The van der Waals surface area contributed by atoms with Crippen molar-refractivity contribution in [3.63, 3.8) is 0 Å². The maximum absolute atomic E-state index is 5.65. The number of nitrogens with zero attached hydrogens (tertiary/aromatic N) is 2. The van der Waals surface area contributed by atoms with Crippen LogP contribution in [0.5, 0.6) is 0 Å². The maximum atomic E-state index is 5.65. The van der Waals surface area contributed by atoms with Gasteiger partial charge in [0.15, 0.2) is 0 Å². The first-order valence-corrected chi connectivity index (χ1v) is 5.66. The Bertz CT molecular complexity index is 508. The van der Waals surface area contributed by atoms with E-state index in [1.54, 1.807) is 0 Å². The Balaban J connectivity index is 2.37. The third-order valence-corrected chi connectivity index (χ3v) is 2.83. The van der Waals surface area contributed by atoms with Crippen LogP contribution in [0.4, 0.5) is 11.5 Å². The minimum Gasteiger partial charge on any atom is -0.329 e. The Hall–Kier alpha value is -1.87. The summed E-state index contributed by atoms with van der Waals surface area (Å²) in [6.07, 6.45) is 1.81. The molecular weight excluding hydrogens is 210 g/mol. The minimum absolute atomic E-state index is 0.558. The van der Waals surface area contributed by atoms with Crippen molar-refractivity contribution in [3.05, 3.63) is 53.7 Å². The van der Waals surface area contributed by atoms with E-state index in [1.165, 1.54) is 0 Å². The van der Waals surface area contributed by atoms with Crippen molar-refractivity contribution in [1.29, 1.82) is 0 Å². The van der Waals surface area contributed by atoms with Crippen molar-refractivity contribution >= 4 is 11.5 Å². The Morgan fingerprint density at radius 1 is 1.24 bits per heavy atom. The van der Waals surface area contributed by atoms with Crippen molar-refractivity contribution in [2.75, 3.05) is 11.9 Å². The van der Waals surface area contributed by atoms with Gasteiger partial charge in [0.25, 0.3) is 0 Å². The molecule has 17 heavy (non-hydrogen) atoms. The summed E-state index contributed by atoms with van der Waals surface area (Å²) >= 11 is 0. The fourth-order valence-corrected chi connectivity index (χ4v) is 1.84. The van der Waals surface area contributed by atoms with Crippen molar-refractivity contribution in [2.24, 2.45) is 5.73 Å². The van der Waals surface area contributed by atoms with Gasteiger partial charge in [-0.05, 0) is 36.2 Å². The molecule has 2 N–H and O–H groups in total. The lowest BCUT2D eigenvalue weighted by molar-refractivity contribution is 1.05. The van der Waals surface area contributed by atoms with Crippen LogP contribution < -0.4 is 10.6 Å². The van der Waals surface area contributed by atoms with Gasteiger partial charge in [0.2, 0.25) is 0 Å². The number of aromatic nitrogens is 1. The van der Waals surface area contributed by atoms with Gasteiger partial charge in [-0.25, -0.2) is 4.98 Å². The highest BCUT2D eigenvalue weighted by Gasteiger charge is 2.07. The molecule has 0 aliphatic heterocycles. The van der Waals surface area contributed by atoms with E-state index < -0.39 is 0 Å². The molecule has 0 atom stereocenters. The number of anilines is 2. The second kappa shape index (κ2) is 4.97. The molecule has 2 aromatic rings. The van der Waals surface area contributed by atoms with Crippen LogP contribution in [0.25, 0.3) is 0 Å². The molecule has 2 rings (SSSR count). The van der Waals surface area contributed by atoms with Gasteiger partial charge in [0, 0.05) is 25.5 Å². The quantitative estimate of drug-likeness (QED) is 0.876. The molecule has 88 valence electrons. The van der Waals surface area contributed by atoms with Crippen molar-refractivity contribution < 1.29 is 0 Å². The fourth-order valence-electron chi connectivity index (χ4n) is 1.84. The largest absolute Gasteiger partial charge is 0.329 e. The fraction of sp³-hybridized carbons (Fsp3) is 0.214. The molecule has 0 saturated carbocycles. The van der Waals surface area contributed by atoms with Gasteiger partial charge in [0.1, 0.15) is 5.82 Å². The highest BCUT2D eigenvalue weighted by Crippen LogP contribution is 2.24. The zero-order valence-corrected chi connectivity index (χ0v) is 10.2. The number of benzene rings is 1. The maximum Gasteiger partial charge on any atom is 0.135 e. The zero-order valence-electron chi connectivity index (χ0n) is 10.2. The van der Waals surface area contributed by atoms with Crippen LogP contribution in [0, 0.1) is 6.92 Å². The molecule has 0 fully saturated rings. The second-order valence-electron chi connectivity index (χ2n) is 4.08. The van der Waals surface area contributed by atoms with Crippen LogP contribution in [0.2, 0.25) is 0 Å². The first-order valence-electron chi connectivity index (χ1n) is 5.66. The predicted octanol–water partition coefficient (Wildman–Crippen LogP) is 2.62. The molecule has 0 radical (unpaired) electrons. The number of hydrogen-bond donors (Lipinski definition) is 1. The lowest BCUT2D eigenvalue weighted by Crippen LogP contribution is -2.13.